The quantitative estimate of drug-likeness (QED) is 0.760. The van der Waals surface area contributed by atoms with E-state index in [1.165, 1.54) is 0 Å². The normalized spacial score (nSPS) is 13.3. The zero-order valence-corrected chi connectivity index (χ0v) is 14.7. The lowest BCUT2D eigenvalue weighted by molar-refractivity contribution is -0.115. The summed E-state index contributed by atoms with van der Waals surface area (Å²) in [6, 6.07) is 11.3. The summed E-state index contributed by atoms with van der Waals surface area (Å²) in [4.78, 5) is 27.9. The van der Waals surface area contributed by atoms with Crippen LogP contribution in [0.15, 0.2) is 36.4 Å². The highest BCUT2D eigenvalue weighted by Crippen LogP contribution is 2.29. The summed E-state index contributed by atoms with van der Waals surface area (Å²) in [5, 5.41) is 2.86. The number of nitrogens with one attached hydrogen (secondary N) is 1. The van der Waals surface area contributed by atoms with E-state index >= 15 is 0 Å². The van der Waals surface area contributed by atoms with Crippen molar-refractivity contribution in [3.05, 3.63) is 53.3 Å². The number of rotatable bonds is 4. The van der Waals surface area contributed by atoms with Gasteiger partial charge in [-0.05, 0) is 47.9 Å². The molecular weight excluding hydrogens is 328 g/mol. The van der Waals surface area contributed by atoms with Gasteiger partial charge in [0.15, 0.2) is 0 Å². The second-order valence-electron chi connectivity index (χ2n) is 7.10. The Hall–Kier alpha value is -3.15. The lowest BCUT2D eigenvalue weighted by Crippen LogP contribution is -2.10. The fraction of sp³-hybridized carbons (Fsp3) is 0.250. The molecule has 26 heavy (non-hydrogen) atoms. The average Bonchev–Trinajstić information content (AvgIpc) is 3.11. The van der Waals surface area contributed by atoms with Gasteiger partial charge >= 0.3 is 0 Å². The molecule has 6 nitrogen and oxygen atoms in total. The first kappa shape index (κ1) is 16.3. The molecule has 0 fully saturated rings. The van der Waals surface area contributed by atoms with E-state index in [-0.39, 0.29) is 5.91 Å². The molecule has 0 bridgehead atoms. The van der Waals surface area contributed by atoms with Gasteiger partial charge in [-0.1, -0.05) is 13.8 Å². The maximum Gasteiger partial charge on any atom is 0.248 e. The van der Waals surface area contributed by atoms with Crippen molar-refractivity contribution in [2.45, 2.75) is 26.7 Å². The van der Waals surface area contributed by atoms with Crippen LogP contribution >= 0.6 is 0 Å². The maximum absolute atomic E-state index is 11.6. The first-order chi connectivity index (χ1) is 12.4. The highest BCUT2D eigenvalue weighted by molar-refractivity contribution is 5.99. The first-order valence-corrected chi connectivity index (χ1v) is 8.66. The second-order valence-corrected chi connectivity index (χ2v) is 7.10. The molecule has 1 aromatic heterocycles. The van der Waals surface area contributed by atoms with Crippen LogP contribution < -0.4 is 11.1 Å². The number of fused-ring (bicyclic) bond motifs is 2. The Morgan fingerprint density at radius 3 is 2.81 bits per heavy atom. The van der Waals surface area contributed by atoms with Crippen molar-refractivity contribution in [3.63, 3.8) is 0 Å². The van der Waals surface area contributed by atoms with Crippen LogP contribution in [0.5, 0.6) is 0 Å². The average molecular weight is 348 g/mol. The Labute approximate surface area is 151 Å². The minimum absolute atomic E-state index is 0.0149. The van der Waals surface area contributed by atoms with Crippen molar-refractivity contribution >= 4 is 28.5 Å². The third-order valence-electron chi connectivity index (χ3n) is 4.57. The van der Waals surface area contributed by atoms with E-state index in [1.807, 2.05) is 24.3 Å². The molecule has 0 saturated heterocycles. The molecule has 132 valence electrons. The predicted molar refractivity (Wildman–Crippen MR) is 100 cm³/mol. The van der Waals surface area contributed by atoms with Crippen LogP contribution in [0.4, 0.5) is 5.69 Å². The molecule has 0 unspecified atom stereocenters. The number of anilines is 1. The molecule has 2 amide bonds. The number of primary amides is 1. The second kappa shape index (κ2) is 5.98. The number of carbonyl (C=O) groups is 2. The Balaban J connectivity index is 1.91. The number of aromatic nitrogens is 2. The van der Waals surface area contributed by atoms with Crippen LogP contribution in [-0.4, -0.2) is 21.4 Å². The van der Waals surface area contributed by atoms with Crippen molar-refractivity contribution in [2.24, 2.45) is 11.7 Å². The summed E-state index contributed by atoms with van der Waals surface area (Å²) in [7, 11) is 0. The van der Waals surface area contributed by atoms with Crippen LogP contribution in [0.2, 0.25) is 0 Å². The smallest absolute Gasteiger partial charge is 0.248 e. The van der Waals surface area contributed by atoms with Gasteiger partial charge in [0.25, 0.3) is 0 Å². The molecule has 3 N–H and O–H groups in total. The van der Waals surface area contributed by atoms with Crippen LogP contribution in [0.25, 0.3) is 16.7 Å². The summed E-state index contributed by atoms with van der Waals surface area (Å²) in [5.41, 5.74) is 10.3. The fourth-order valence-electron chi connectivity index (χ4n) is 3.43. The predicted octanol–water partition coefficient (Wildman–Crippen LogP) is 2.82. The van der Waals surface area contributed by atoms with Crippen LogP contribution in [0, 0.1) is 5.92 Å². The van der Waals surface area contributed by atoms with Crippen molar-refractivity contribution in [2.75, 3.05) is 5.32 Å². The number of nitrogens with zero attached hydrogens (tertiary/aromatic N) is 2. The monoisotopic (exact) mass is 348 g/mol. The lowest BCUT2D eigenvalue weighted by Gasteiger charge is -2.12. The minimum atomic E-state index is -0.464. The van der Waals surface area contributed by atoms with E-state index in [9.17, 15) is 9.59 Å². The number of benzene rings is 2. The van der Waals surface area contributed by atoms with E-state index in [0.717, 1.165) is 40.2 Å². The molecule has 0 spiro atoms. The molecular formula is C20H20N4O2. The summed E-state index contributed by atoms with van der Waals surface area (Å²) in [6.45, 7) is 4.29. The number of carbonyl (C=O) groups excluding carboxylic acids is 2. The van der Waals surface area contributed by atoms with Crippen LogP contribution in [-0.2, 0) is 17.6 Å². The van der Waals surface area contributed by atoms with Gasteiger partial charge in [0.1, 0.15) is 5.82 Å². The number of nitrogens with two attached hydrogens (primary N) is 1. The van der Waals surface area contributed by atoms with Gasteiger partial charge in [0.05, 0.1) is 17.5 Å². The van der Waals surface area contributed by atoms with Gasteiger partial charge in [-0.3, -0.25) is 14.2 Å². The Morgan fingerprint density at radius 2 is 2.08 bits per heavy atom. The van der Waals surface area contributed by atoms with Crippen molar-refractivity contribution in [1.29, 1.82) is 0 Å². The van der Waals surface area contributed by atoms with E-state index in [1.54, 1.807) is 12.1 Å². The van der Waals surface area contributed by atoms with Crippen molar-refractivity contribution in [3.8, 4) is 5.69 Å². The summed E-state index contributed by atoms with van der Waals surface area (Å²) >= 11 is 0. The number of hydrogen-bond donors (Lipinski definition) is 2. The summed E-state index contributed by atoms with van der Waals surface area (Å²) in [6.07, 6.45) is 1.19. The standard InChI is InChI=1S/C20H20N4O2/c1-11(2)7-18-22-16-9-12(20(21)26)3-6-17(16)24(18)14-4-5-15-13(8-14)10-19(25)23-15/h3-6,8-9,11H,7,10H2,1-2H3,(H2,21,26)(H,23,25). The molecule has 3 aromatic rings. The number of amides is 2. The molecule has 1 aliphatic rings. The minimum Gasteiger partial charge on any atom is -0.366 e. The summed E-state index contributed by atoms with van der Waals surface area (Å²) in [5.74, 6) is 0.905. The Morgan fingerprint density at radius 1 is 1.27 bits per heavy atom. The Kier molecular flexibility index (Phi) is 3.76. The van der Waals surface area contributed by atoms with Gasteiger partial charge in [0.2, 0.25) is 11.8 Å². The molecule has 0 saturated carbocycles. The topological polar surface area (TPSA) is 90.0 Å². The van der Waals surface area contributed by atoms with Gasteiger partial charge < -0.3 is 11.1 Å². The van der Waals surface area contributed by atoms with E-state index < -0.39 is 5.91 Å². The van der Waals surface area contributed by atoms with E-state index in [0.29, 0.717) is 17.9 Å². The zero-order chi connectivity index (χ0) is 18.4. The third-order valence-corrected chi connectivity index (χ3v) is 4.57. The molecule has 2 aromatic carbocycles. The third kappa shape index (κ3) is 2.73. The molecule has 0 radical (unpaired) electrons. The number of hydrogen-bond acceptors (Lipinski definition) is 3. The lowest BCUT2D eigenvalue weighted by atomic mass is 10.1. The highest BCUT2D eigenvalue weighted by Gasteiger charge is 2.20. The van der Waals surface area contributed by atoms with Gasteiger partial charge in [-0.15, -0.1) is 0 Å². The van der Waals surface area contributed by atoms with Gasteiger partial charge in [-0.2, -0.15) is 0 Å². The molecule has 0 atom stereocenters. The summed E-state index contributed by atoms with van der Waals surface area (Å²) < 4.78 is 2.10. The van der Waals surface area contributed by atoms with Crippen molar-refractivity contribution in [1.82, 2.24) is 9.55 Å². The van der Waals surface area contributed by atoms with Crippen LogP contribution in [0.3, 0.4) is 0 Å². The van der Waals surface area contributed by atoms with Gasteiger partial charge in [0, 0.05) is 23.4 Å². The van der Waals surface area contributed by atoms with E-state index in [4.69, 9.17) is 10.7 Å². The molecule has 0 aliphatic carbocycles. The highest BCUT2D eigenvalue weighted by atomic mass is 16.2. The molecule has 1 aliphatic heterocycles. The number of imidazole rings is 1. The largest absolute Gasteiger partial charge is 0.366 e. The molecule has 6 heteroatoms. The molecule has 4 rings (SSSR count). The van der Waals surface area contributed by atoms with Crippen LogP contribution in [0.1, 0.15) is 35.6 Å². The molecule has 2 heterocycles. The van der Waals surface area contributed by atoms with Crippen molar-refractivity contribution < 1.29 is 9.59 Å². The zero-order valence-electron chi connectivity index (χ0n) is 14.7. The van der Waals surface area contributed by atoms with E-state index in [2.05, 4.69) is 23.7 Å². The Bertz CT molecular complexity index is 1050. The SMILES string of the molecule is CC(C)Cc1nc2cc(C(N)=O)ccc2n1-c1ccc2c(c1)CC(=O)N2. The fourth-order valence-corrected chi connectivity index (χ4v) is 3.43. The van der Waals surface area contributed by atoms with Gasteiger partial charge in [-0.25, -0.2) is 4.98 Å². The maximum atomic E-state index is 11.6. The first-order valence-electron chi connectivity index (χ1n) is 8.66.